The quantitative estimate of drug-likeness (QED) is 0.691. The van der Waals surface area contributed by atoms with E-state index in [9.17, 15) is 12.8 Å². The van der Waals surface area contributed by atoms with Gasteiger partial charge in [0, 0.05) is 6.04 Å². The SMILES string of the molecule is NC(C1CCCC1)[C@H](F)CS(=O)(=O)O. The summed E-state index contributed by atoms with van der Waals surface area (Å²) in [7, 11) is -4.25. The van der Waals surface area contributed by atoms with Gasteiger partial charge in [-0.1, -0.05) is 12.8 Å². The number of halogens is 1. The van der Waals surface area contributed by atoms with Crippen molar-refractivity contribution in [2.24, 2.45) is 11.7 Å². The molecule has 1 aliphatic carbocycles. The summed E-state index contributed by atoms with van der Waals surface area (Å²) >= 11 is 0. The smallest absolute Gasteiger partial charge is 0.267 e. The zero-order valence-corrected chi connectivity index (χ0v) is 8.71. The highest BCUT2D eigenvalue weighted by atomic mass is 32.2. The van der Waals surface area contributed by atoms with E-state index in [-0.39, 0.29) is 5.92 Å². The fourth-order valence-corrected chi connectivity index (χ4v) is 2.57. The summed E-state index contributed by atoms with van der Waals surface area (Å²) in [5.41, 5.74) is 5.58. The normalized spacial score (nSPS) is 23.6. The Balaban J connectivity index is 2.47. The van der Waals surface area contributed by atoms with Gasteiger partial charge < -0.3 is 5.73 Å². The van der Waals surface area contributed by atoms with E-state index in [0.29, 0.717) is 0 Å². The minimum absolute atomic E-state index is 0.0618. The summed E-state index contributed by atoms with van der Waals surface area (Å²) in [5.74, 6) is -0.822. The van der Waals surface area contributed by atoms with E-state index in [2.05, 4.69) is 0 Å². The molecule has 14 heavy (non-hydrogen) atoms. The Kier molecular flexibility index (Phi) is 3.86. The predicted molar refractivity (Wildman–Crippen MR) is 51.2 cm³/mol. The first kappa shape index (κ1) is 11.9. The van der Waals surface area contributed by atoms with E-state index in [4.69, 9.17) is 10.3 Å². The summed E-state index contributed by atoms with van der Waals surface area (Å²) in [6, 6.07) is -0.764. The van der Waals surface area contributed by atoms with Gasteiger partial charge in [0.2, 0.25) is 0 Å². The first-order chi connectivity index (χ1) is 6.40. The Labute approximate surface area is 83.4 Å². The molecule has 4 nitrogen and oxygen atoms in total. The van der Waals surface area contributed by atoms with Crippen molar-refractivity contribution in [3.8, 4) is 0 Å². The fraction of sp³-hybridized carbons (Fsp3) is 1.00. The van der Waals surface area contributed by atoms with Gasteiger partial charge in [0.15, 0.2) is 0 Å². The molecule has 1 aliphatic rings. The number of rotatable bonds is 4. The molecule has 0 heterocycles. The third-order valence-electron chi connectivity index (χ3n) is 2.73. The van der Waals surface area contributed by atoms with Crippen molar-refractivity contribution in [3.05, 3.63) is 0 Å². The van der Waals surface area contributed by atoms with Crippen molar-refractivity contribution < 1.29 is 17.4 Å². The number of hydrogen-bond donors (Lipinski definition) is 2. The zero-order valence-electron chi connectivity index (χ0n) is 7.89. The van der Waals surface area contributed by atoms with Gasteiger partial charge in [-0.2, -0.15) is 8.42 Å². The molecule has 6 heteroatoms. The highest BCUT2D eigenvalue weighted by Crippen LogP contribution is 2.28. The van der Waals surface area contributed by atoms with Crippen molar-refractivity contribution in [3.63, 3.8) is 0 Å². The lowest BCUT2D eigenvalue weighted by Gasteiger charge is -2.21. The summed E-state index contributed by atoms with van der Waals surface area (Å²) < 4.78 is 42.6. The van der Waals surface area contributed by atoms with Crippen LogP contribution in [-0.2, 0) is 10.1 Å². The number of hydrogen-bond acceptors (Lipinski definition) is 3. The fourth-order valence-electron chi connectivity index (χ4n) is 1.95. The van der Waals surface area contributed by atoms with Gasteiger partial charge in [-0.15, -0.1) is 0 Å². The molecular weight excluding hydrogens is 209 g/mol. The van der Waals surface area contributed by atoms with Gasteiger partial charge in [0.1, 0.15) is 11.9 Å². The predicted octanol–water partition coefficient (Wildman–Crippen LogP) is 0.730. The summed E-state index contributed by atoms with van der Waals surface area (Å²) in [6.07, 6.45) is 2.10. The van der Waals surface area contributed by atoms with Crippen LogP contribution in [0.3, 0.4) is 0 Å². The van der Waals surface area contributed by atoms with E-state index in [1.54, 1.807) is 0 Å². The van der Waals surface area contributed by atoms with Crippen LogP contribution in [0.1, 0.15) is 25.7 Å². The molecule has 1 saturated carbocycles. The van der Waals surface area contributed by atoms with Gasteiger partial charge in [-0.25, -0.2) is 4.39 Å². The van der Waals surface area contributed by atoms with E-state index < -0.39 is 28.1 Å². The third-order valence-corrected chi connectivity index (χ3v) is 3.47. The average Bonchev–Trinajstić information content (AvgIpc) is 2.51. The van der Waals surface area contributed by atoms with E-state index in [1.165, 1.54) is 0 Å². The lowest BCUT2D eigenvalue weighted by atomic mass is 9.96. The first-order valence-corrected chi connectivity index (χ1v) is 6.36. The molecule has 84 valence electrons. The molecule has 2 atom stereocenters. The topological polar surface area (TPSA) is 80.4 Å². The molecule has 0 amide bonds. The highest BCUT2D eigenvalue weighted by Gasteiger charge is 2.31. The molecule has 0 aromatic heterocycles. The van der Waals surface area contributed by atoms with E-state index in [1.807, 2.05) is 0 Å². The number of alkyl halides is 1. The Hall–Kier alpha value is -0.200. The summed E-state index contributed by atoms with van der Waals surface area (Å²) in [5, 5.41) is 0. The van der Waals surface area contributed by atoms with Crippen molar-refractivity contribution in [1.29, 1.82) is 0 Å². The van der Waals surface area contributed by atoms with Gasteiger partial charge in [0.05, 0.1) is 0 Å². The maximum atomic E-state index is 13.3. The molecule has 1 fully saturated rings. The second kappa shape index (κ2) is 4.55. The molecule has 0 saturated heterocycles. The number of nitrogens with two attached hydrogens (primary N) is 1. The minimum Gasteiger partial charge on any atom is -0.325 e. The molecular formula is C8H16FNO3S. The Morgan fingerprint density at radius 1 is 1.43 bits per heavy atom. The first-order valence-electron chi connectivity index (χ1n) is 4.75. The Morgan fingerprint density at radius 3 is 2.36 bits per heavy atom. The molecule has 1 rings (SSSR count). The van der Waals surface area contributed by atoms with Crippen LogP contribution in [0.5, 0.6) is 0 Å². The van der Waals surface area contributed by atoms with Crippen LogP contribution in [0, 0.1) is 5.92 Å². The van der Waals surface area contributed by atoms with Crippen molar-refractivity contribution in [2.75, 3.05) is 5.75 Å². The molecule has 0 aromatic rings. The van der Waals surface area contributed by atoms with Crippen LogP contribution >= 0.6 is 0 Å². The molecule has 0 bridgehead atoms. The second-order valence-electron chi connectivity index (χ2n) is 3.89. The molecule has 0 aromatic carbocycles. The average molecular weight is 225 g/mol. The van der Waals surface area contributed by atoms with Crippen molar-refractivity contribution in [2.45, 2.75) is 37.9 Å². The maximum Gasteiger partial charge on any atom is 0.267 e. The van der Waals surface area contributed by atoms with E-state index >= 15 is 0 Å². The lowest BCUT2D eigenvalue weighted by molar-refractivity contribution is 0.245. The van der Waals surface area contributed by atoms with Crippen LogP contribution in [-0.4, -0.2) is 30.9 Å². The molecule has 3 N–H and O–H groups in total. The molecule has 1 unspecified atom stereocenters. The van der Waals surface area contributed by atoms with Gasteiger partial charge in [-0.05, 0) is 18.8 Å². The third kappa shape index (κ3) is 3.51. The van der Waals surface area contributed by atoms with Crippen molar-refractivity contribution >= 4 is 10.1 Å². The summed E-state index contributed by atoms with van der Waals surface area (Å²) in [6.45, 7) is 0. The van der Waals surface area contributed by atoms with E-state index in [0.717, 1.165) is 25.7 Å². The Bertz CT molecular complexity index is 274. The molecule has 0 radical (unpaired) electrons. The van der Waals surface area contributed by atoms with Gasteiger partial charge in [0.25, 0.3) is 10.1 Å². The van der Waals surface area contributed by atoms with Gasteiger partial charge in [-0.3, -0.25) is 4.55 Å². The highest BCUT2D eigenvalue weighted by molar-refractivity contribution is 7.85. The molecule has 0 spiro atoms. The van der Waals surface area contributed by atoms with Gasteiger partial charge >= 0.3 is 0 Å². The van der Waals surface area contributed by atoms with Crippen LogP contribution in [0.25, 0.3) is 0 Å². The molecule has 0 aliphatic heterocycles. The lowest BCUT2D eigenvalue weighted by Crippen LogP contribution is -2.41. The van der Waals surface area contributed by atoms with Crippen LogP contribution in [0.2, 0.25) is 0 Å². The minimum atomic E-state index is -4.25. The van der Waals surface area contributed by atoms with Crippen LogP contribution in [0.15, 0.2) is 0 Å². The van der Waals surface area contributed by atoms with Crippen LogP contribution < -0.4 is 5.73 Å². The Morgan fingerprint density at radius 2 is 1.93 bits per heavy atom. The van der Waals surface area contributed by atoms with Crippen LogP contribution in [0.4, 0.5) is 4.39 Å². The monoisotopic (exact) mass is 225 g/mol. The summed E-state index contributed by atoms with van der Waals surface area (Å²) in [4.78, 5) is 0. The largest absolute Gasteiger partial charge is 0.325 e. The maximum absolute atomic E-state index is 13.3. The standard InChI is InChI=1S/C8H16FNO3S/c9-7(5-14(11,12)13)8(10)6-3-1-2-4-6/h6-8H,1-5,10H2,(H,11,12,13)/t7-,8?/m1/s1. The van der Waals surface area contributed by atoms with Crippen molar-refractivity contribution in [1.82, 2.24) is 0 Å². The zero-order chi connectivity index (χ0) is 10.8. The second-order valence-corrected chi connectivity index (χ2v) is 5.38.